The van der Waals surface area contributed by atoms with E-state index in [9.17, 15) is 31.1 Å². The van der Waals surface area contributed by atoms with Gasteiger partial charge in [-0.25, -0.2) is 25.0 Å². The molecule has 11 nitrogen and oxygen atoms in total. The normalized spacial score (nSPS) is 15.3. The number of anilines is 3. The molecule has 4 rings (SSSR count). The van der Waals surface area contributed by atoms with E-state index in [-0.39, 0.29) is 18.4 Å². The molecule has 0 spiro atoms. The summed E-state index contributed by atoms with van der Waals surface area (Å²) in [5, 5.41) is 7.75. The SMILES string of the molecule is C[C@@H](COc1cc(N2CCN(c3ncc(C(F)(F)F)cn3)CC2)ncn1)Nc1cn[nH]c(=O)c1C(F)(F)F. The molecule has 17 heteroatoms. The minimum absolute atomic E-state index is 0.0837. The summed E-state index contributed by atoms with van der Waals surface area (Å²) in [5.74, 6) is 0.897. The molecule has 3 aromatic rings. The Morgan fingerprint density at radius 1 is 0.974 bits per heavy atom. The topological polar surface area (TPSA) is 125 Å². The van der Waals surface area contributed by atoms with Gasteiger partial charge in [-0.2, -0.15) is 31.4 Å². The molecule has 0 amide bonds. The van der Waals surface area contributed by atoms with Crippen molar-refractivity contribution in [2.75, 3.05) is 47.9 Å². The maximum Gasteiger partial charge on any atom is 0.423 e. The van der Waals surface area contributed by atoms with Crippen molar-refractivity contribution in [3.8, 4) is 5.88 Å². The number of nitrogens with one attached hydrogen (secondary N) is 2. The highest BCUT2D eigenvalue weighted by molar-refractivity contribution is 5.50. The summed E-state index contributed by atoms with van der Waals surface area (Å²) >= 11 is 0. The number of hydrogen-bond donors (Lipinski definition) is 2. The van der Waals surface area contributed by atoms with Gasteiger partial charge >= 0.3 is 12.4 Å². The first-order chi connectivity index (χ1) is 17.9. The second kappa shape index (κ2) is 10.7. The highest BCUT2D eigenvalue weighted by Crippen LogP contribution is 2.32. The number of halogens is 6. The standard InChI is InChI=1S/C21H21F6N9O2/c1-12(33-14-9-32-34-18(37)17(14)21(25,26)27)10-38-16-6-15(30-11-31-16)35-2-4-36(5-3-35)19-28-7-13(8-29-19)20(22,23)24/h6-9,11-12H,2-5,10H2,1H3,(H2,33,34,37)/t12-/m0/s1. The van der Waals surface area contributed by atoms with Crippen LogP contribution in [-0.4, -0.2) is 69.0 Å². The van der Waals surface area contributed by atoms with E-state index in [0.29, 0.717) is 32.0 Å². The van der Waals surface area contributed by atoms with Crippen molar-refractivity contribution < 1.29 is 31.1 Å². The molecule has 0 saturated carbocycles. The van der Waals surface area contributed by atoms with E-state index in [1.807, 2.05) is 4.90 Å². The first-order valence-electron chi connectivity index (χ1n) is 11.2. The van der Waals surface area contributed by atoms with Gasteiger partial charge in [-0.05, 0) is 6.92 Å². The number of aromatic nitrogens is 6. The fourth-order valence-corrected chi connectivity index (χ4v) is 3.65. The number of alkyl halides is 6. The lowest BCUT2D eigenvalue weighted by Crippen LogP contribution is -2.47. The lowest BCUT2D eigenvalue weighted by Gasteiger charge is -2.35. The van der Waals surface area contributed by atoms with Gasteiger partial charge in [0.2, 0.25) is 11.8 Å². The highest BCUT2D eigenvalue weighted by Gasteiger charge is 2.37. The van der Waals surface area contributed by atoms with E-state index in [1.165, 1.54) is 6.33 Å². The fraction of sp³-hybridized carbons (Fsp3) is 0.429. The molecule has 0 aromatic carbocycles. The van der Waals surface area contributed by atoms with Gasteiger partial charge in [0.25, 0.3) is 5.56 Å². The molecule has 1 fully saturated rings. The average Bonchev–Trinajstić information content (AvgIpc) is 2.87. The maximum atomic E-state index is 13.2. The first kappa shape index (κ1) is 26.9. The zero-order valence-corrected chi connectivity index (χ0v) is 19.7. The Bertz CT molecular complexity index is 1290. The molecule has 38 heavy (non-hydrogen) atoms. The van der Waals surface area contributed by atoms with E-state index < -0.39 is 40.8 Å². The number of nitrogens with zero attached hydrogens (tertiary/aromatic N) is 7. The Morgan fingerprint density at radius 3 is 2.26 bits per heavy atom. The van der Waals surface area contributed by atoms with Crippen molar-refractivity contribution >= 4 is 17.5 Å². The molecule has 204 valence electrons. The van der Waals surface area contributed by atoms with Gasteiger partial charge < -0.3 is 19.9 Å². The van der Waals surface area contributed by atoms with Crippen LogP contribution in [0.2, 0.25) is 0 Å². The quantitative estimate of drug-likeness (QED) is 0.428. The molecular formula is C21H21F6N9O2. The Morgan fingerprint density at radius 2 is 1.63 bits per heavy atom. The molecule has 3 aromatic heterocycles. The number of piperazine rings is 1. The molecular weight excluding hydrogens is 524 g/mol. The molecule has 1 saturated heterocycles. The second-order valence-electron chi connectivity index (χ2n) is 8.30. The Balaban J connectivity index is 1.33. The number of aromatic amines is 1. The average molecular weight is 545 g/mol. The summed E-state index contributed by atoms with van der Waals surface area (Å²) in [6, 6.07) is 0.915. The van der Waals surface area contributed by atoms with Gasteiger partial charge in [-0.1, -0.05) is 0 Å². The van der Waals surface area contributed by atoms with Crippen LogP contribution in [-0.2, 0) is 12.4 Å². The molecule has 0 bridgehead atoms. The van der Waals surface area contributed by atoms with Crippen molar-refractivity contribution in [1.82, 2.24) is 30.1 Å². The van der Waals surface area contributed by atoms with Crippen molar-refractivity contribution in [1.29, 1.82) is 0 Å². The van der Waals surface area contributed by atoms with E-state index in [1.54, 1.807) is 23.0 Å². The summed E-state index contributed by atoms with van der Waals surface area (Å²) in [6.07, 6.45) is -5.75. The zero-order valence-electron chi connectivity index (χ0n) is 19.7. The van der Waals surface area contributed by atoms with E-state index in [2.05, 4.69) is 30.4 Å². The largest absolute Gasteiger partial charge is 0.475 e. The predicted molar refractivity (Wildman–Crippen MR) is 122 cm³/mol. The molecule has 1 aliphatic rings. The summed E-state index contributed by atoms with van der Waals surface area (Å²) < 4.78 is 83.4. The molecule has 0 aliphatic carbocycles. The van der Waals surface area contributed by atoms with Crippen LogP contribution in [0.1, 0.15) is 18.1 Å². The minimum atomic E-state index is -4.87. The van der Waals surface area contributed by atoms with Gasteiger partial charge in [0.15, 0.2) is 0 Å². The number of H-pyrrole nitrogens is 1. The smallest absolute Gasteiger partial charge is 0.423 e. The monoisotopic (exact) mass is 545 g/mol. The minimum Gasteiger partial charge on any atom is -0.475 e. The predicted octanol–water partition coefficient (Wildman–Crippen LogP) is 2.59. The van der Waals surface area contributed by atoms with E-state index in [0.717, 1.165) is 18.6 Å². The van der Waals surface area contributed by atoms with Crippen LogP contribution in [0, 0.1) is 0 Å². The first-order valence-corrected chi connectivity index (χ1v) is 11.2. The Labute approximate surface area is 210 Å². The zero-order chi connectivity index (χ0) is 27.5. The van der Waals surface area contributed by atoms with Crippen molar-refractivity contribution in [2.24, 2.45) is 0 Å². The second-order valence-corrected chi connectivity index (χ2v) is 8.30. The summed E-state index contributed by atoms with van der Waals surface area (Å²) in [4.78, 5) is 31.1. The van der Waals surface area contributed by atoms with Gasteiger partial charge in [-0.3, -0.25) is 4.79 Å². The van der Waals surface area contributed by atoms with Crippen LogP contribution in [0.3, 0.4) is 0 Å². The summed E-state index contributed by atoms with van der Waals surface area (Å²) in [5.41, 5.74) is -4.14. The Kier molecular flexibility index (Phi) is 7.54. The van der Waals surface area contributed by atoms with Crippen LogP contribution in [0.4, 0.5) is 43.8 Å². The third-order valence-electron chi connectivity index (χ3n) is 5.50. The lowest BCUT2D eigenvalue weighted by atomic mass is 10.2. The van der Waals surface area contributed by atoms with E-state index >= 15 is 0 Å². The fourth-order valence-electron chi connectivity index (χ4n) is 3.65. The third-order valence-corrected chi connectivity index (χ3v) is 5.50. The van der Waals surface area contributed by atoms with Crippen molar-refractivity contribution in [3.63, 3.8) is 0 Å². The van der Waals surface area contributed by atoms with Gasteiger partial charge in [0.05, 0.1) is 23.5 Å². The summed E-state index contributed by atoms with van der Waals surface area (Å²) in [7, 11) is 0. The maximum absolute atomic E-state index is 13.2. The molecule has 1 atom stereocenters. The van der Waals surface area contributed by atoms with Gasteiger partial charge in [-0.15, -0.1) is 0 Å². The number of ether oxygens (including phenoxy) is 1. The van der Waals surface area contributed by atoms with Crippen LogP contribution in [0.15, 0.2) is 35.8 Å². The molecule has 0 unspecified atom stereocenters. The highest BCUT2D eigenvalue weighted by atomic mass is 19.4. The molecule has 2 N–H and O–H groups in total. The Hall–Kier alpha value is -4.18. The third kappa shape index (κ3) is 6.38. The van der Waals surface area contributed by atoms with Crippen LogP contribution in [0.25, 0.3) is 0 Å². The van der Waals surface area contributed by atoms with Crippen LogP contribution >= 0.6 is 0 Å². The van der Waals surface area contributed by atoms with Crippen molar-refractivity contribution in [2.45, 2.75) is 25.3 Å². The number of hydrogen-bond acceptors (Lipinski definition) is 10. The lowest BCUT2D eigenvalue weighted by molar-refractivity contribution is -0.139. The summed E-state index contributed by atoms with van der Waals surface area (Å²) in [6.45, 7) is 3.27. The van der Waals surface area contributed by atoms with Crippen LogP contribution < -0.4 is 25.4 Å². The van der Waals surface area contributed by atoms with E-state index in [4.69, 9.17) is 4.74 Å². The van der Waals surface area contributed by atoms with Gasteiger partial charge in [0, 0.05) is 44.6 Å². The molecule has 4 heterocycles. The van der Waals surface area contributed by atoms with Crippen molar-refractivity contribution in [3.05, 3.63) is 52.5 Å². The van der Waals surface area contributed by atoms with Crippen LogP contribution in [0.5, 0.6) is 5.88 Å². The number of rotatable bonds is 7. The molecule has 0 radical (unpaired) electrons. The molecule has 1 aliphatic heterocycles. The van der Waals surface area contributed by atoms with Gasteiger partial charge in [0.1, 0.15) is 24.3 Å².